The van der Waals surface area contributed by atoms with Crippen molar-refractivity contribution in [2.45, 2.75) is 45.1 Å². The van der Waals surface area contributed by atoms with E-state index in [9.17, 15) is 14.4 Å². The summed E-state index contributed by atoms with van der Waals surface area (Å²) < 4.78 is 10.0. The van der Waals surface area contributed by atoms with Crippen LogP contribution in [0.1, 0.15) is 41.9 Å². The van der Waals surface area contributed by atoms with Gasteiger partial charge in [0.15, 0.2) is 5.78 Å². The molecule has 0 bridgehead atoms. The van der Waals surface area contributed by atoms with E-state index in [0.717, 1.165) is 25.7 Å². The fourth-order valence-electron chi connectivity index (χ4n) is 2.53. The number of rotatable bonds is 10. The molecule has 1 aliphatic rings. The maximum absolute atomic E-state index is 12.0. The highest BCUT2D eigenvalue weighted by Crippen LogP contribution is 2.24. The van der Waals surface area contributed by atoms with Crippen LogP contribution in [0, 0.1) is 5.92 Å². The van der Waals surface area contributed by atoms with Crippen LogP contribution < -0.4 is 10.6 Å². The lowest BCUT2D eigenvalue weighted by Crippen LogP contribution is -2.42. The molecule has 2 N–H and O–H groups in total. The number of carbonyl (C=O) groups is 3. The maximum Gasteiger partial charge on any atom is 0.246 e. The molecule has 1 rings (SSSR count). The van der Waals surface area contributed by atoms with E-state index in [-0.39, 0.29) is 45.6 Å². The molecule has 0 unspecified atom stereocenters. The second-order valence-electron chi connectivity index (χ2n) is 5.77. The lowest BCUT2D eigenvalue weighted by atomic mass is 9.85. The number of ketones is 1. The number of hydrogen-bond acceptors (Lipinski definition) is 5. The lowest BCUT2D eigenvalue weighted by Gasteiger charge is -2.28. The van der Waals surface area contributed by atoms with Crippen LogP contribution in [0.4, 0.5) is 0 Å². The van der Waals surface area contributed by atoms with E-state index in [0.29, 0.717) is 19.6 Å². The number of nitrogens with one attached hydrogen (secondary N) is 2. The summed E-state index contributed by atoms with van der Waals surface area (Å²) in [6, 6.07) is 0.0925. The molecule has 0 aromatic heterocycles. The zero-order valence-corrected chi connectivity index (χ0v) is 14.1. The average Bonchev–Trinajstić information content (AvgIpc) is 2.57. The fourth-order valence-corrected chi connectivity index (χ4v) is 2.53. The Kier molecular flexibility index (Phi) is 9.47. The molecule has 1 fully saturated rings. The summed E-state index contributed by atoms with van der Waals surface area (Å²) in [5.41, 5.74) is 0. The van der Waals surface area contributed by atoms with Crippen LogP contribution in [-0.2, 0) is 23.9 Å². The summed E-state index contributed by atoms with van der Waals surface area (Å²) in [7, 11) is 1.58. The van der Waals surface area contributed by atoms with Crippen LogP contribution >= 0.6 is 0 Å². The number of carbonyl (C=O) groups excluding carboxylic acids is 3. The van der Waals surface area contributed by atoms with E-state index in [4.69, 9.17) is 9.47 Å². The summed E-state index contributed by atoms with van der Waals surface area (Å²) in [6.45, 7) is 2.79. The van der Waals surface area contributed by atoms with Gasteiger partial charge in [0.1, 0.15) is 6.61 Å². The fraction of sp³-hybridized carbons (Fsp3) is 0.812. The van der Waals surface area contributed by atoms with Gasteiger partial charge in [0.25, 0.3) is 0 Å². The summed E-state index contributed by atoms with van der Waals surface area (Å²) in [5, 5.41) is 5.61. The lowest BCUT2D eigenvalue weighted by molar-refractivity contribution is -0.129. The Morgan fingerprint density at radius 1 is 1.13 bits per heavy atom. The average molecular weight is 332 g/mol. The molecule has 2 amide bonds. The van der Waals surface area contributed by atoms with Gasteiger partial charge in [-0.15, -0.1) is 0 Å². The van der Waals surface area contributed by atoms with Crippen molar-refractivity contribution in [3.63, 3.8) is 0 Å². The minimum absolute atomic E-state index is 0. The topological polar surface area (TPSA) is 93.7 Å². The molecule has 0 heterocycles. The summed E-state index contributed by atoms with van der Waals surface area (Å²) in [5.74, 6) is -0.222. The van der Waals surface area contributed by atoms with E-state index >= 15 is 0 Å². The van der Waals surface area contributed by atoms with Crippen LogP contribution in [0.3, 0.4) is 0 Å². The molecule has 0 aliphatic heterocycles. The van der Waals surface area contributed by atoms with E-state index in [1.54, 1.807) is 14.0 Å². The van der Waals surface area contributed by atoms with E-state index in [1.165, 1.54) is 0 Å². The number of Topliss-reactive ketones (excluding diaryl/α,β-unsaturated/α-hetero) is 1. The summed E-state index contributed by atoms with van der Waals surface area (Å²) in [6.07, 6.45) is 3.42. The van der Waals surface area contributed by atoms with Gasteiger partial charge in [0, 0.05) is 28.3 Å². The summed E-state index contributed by atoms with van der Waals surface area (Å²) >= 11 is 0. The number of ether oxygens (including phenoxy) is 2. The maximum atomic E-state index is 12.0. The van der Waals surface area contributed by atoms with Gasteiger partial charge in [0.05, 0.1) is 19.8 Å². The minimum atomic E-state index is -0.137. The van der Waals surface area contributed by atoms with Crippen LogP contribution in [0.5, 0.6) is 0 Å². The van der Waals surface area contributed by atoms with Gasteiger partial charge in [-0.1, -0.05) is 6.92 Å². The van der Waals surface area contributed by atoms with Gasteiger partial charge in [-0.05, 0) is 25.7 Å². The van der Waals surface area contributed by atoms with E-state index in [1.807, 2.05) is 0 Å². The third-order valence-corrected chi connectivity index (χ3v) is 3.98. The smallest absolute Gasteiger partial charge is 0.246 e. The molecule has 0 atom stereocenters. The van der Waals surface area contributed by atoms with Gasteiger partial charge >= 0.3 is 0 Å². The molecule has 0 aromatic carbocycles. The van der Waals surface area contributed by atoms with Crippen molar-refractivity contribution in [3.8, 4) is 0 Å². The SMILES string of the molecule is CCC(=O)CNC(=O)C1CCC(NC(=O)COCCOC)CC1.[HH].[HH]. The molecule has 136 valence electrons. The Morgan fingerprint density at radius 2 is 1.83 bits per heavy atom. The van der Waals surface area contributed by atoms with Crippen LogP contribution in [0.2, 0.25) is 0 Å². The zero-order chi connectivity index (χ0) is 17.1. The molecule has 7 heteroatoms. The highest BCUT2D eigenvalue weighted by molar-refractivity contribution is 5.86. The Balaban J connectivity index is 0. The molecule has 1 aliphatic carbocycles. The van der Waals surface area contributed by atoms with Crippen molar-refractivity contribution in [2.75, 3.05) is 33.5 Å². The molecule has 0 radical (unpaired) electrons. The molecule has 0 spiro atoms. The van der Waals surface area contributed by atoms with Crippen LogP contribution in [0.15, 0.2) is 0 Å². The first-order valence-corrected chi connectivity index (χ1v) is 8.22. The third-order valence-electron chi connectivity index (χ3n) is 3.98. The first-order valence-electron chi connectivity index (χ1n) is 8.22. The molecular weight excluding hydrogens is 300 g/mol. The second-order valence-corrected chi connectivity index (χ2v) is 5.77. The number of hydrogen-bond donors (Lipinski definition) is 2. The molecule has 7 nitrogen and oxygen atoms in total. The molecule has 0 saturated heterocycles. The van der Waals surface area contributed by atoms with Crippen molar-refractivity contribution in [1.29, 1.82) is 0 Å². The van der Waals surface area contributed by atoms with Crippen LogP contribution in [0.25, 0.3) is 0 Å². The molecule has 1 saturated carbocycles. The van der Waals surface area contributed by atoms with Crippen molar-refractivity contribution < 1.29 is 26.7 Å². The summed E-state index contributed by atoms with van der Waals surface area (Å²) in [4.78, 5) is 34.9. The monoisotopic (exact) mass is 332 g/mol. The van der Waals surface area contributed by atoms with Gasteiger partial charge in [-0.25, -0.2) is 0 Å². The number of methoxy groups -OCH3 is 1. The third kappa shape index (κ3) is 8.08. The van der Waals surface area contributed by atoms with Crippen molar-refractivity contribution in [1.82, 2.24) is 10.6 Å². The standard InChI is InChI=1S/C16H28N2O5.2H2/c1-3-14(19)10-17-16(21)12-4-6-13(7-5-12)18-15(20)11-23-9-8-22-2;;/h12-13H,3-11H2,1-2H3,(H,17,21)(H,18,20);2*1H. The first kappa shape index (κ1) is 19.6. The predicted octanol–water partition coefficient (Wildman–Crippen LogP) is 0.912. The van der Waals surface area contributed by atoms with Crippen molar-refractivity contribution >= 4 is 17.6 Å². The number of amides is 2. The van der Waals surface area contributed by atoms with Gasteiger partial charge in [-0.3, -0.25) is 14.4 Å². The highest BCUT2D eigenvalue weighted by Gasteiger charge is 2.27. The molecule has 23 heavy (non-hydrogen) atoms. The minimum Gasteiger partial charge on any atom is -0.382 e. The zero-order valence-electron chi connectivity index (χ0n) is 14.1. The predicted molar refractivity (Wildman–Crippen MR) is 89.1 cm³/mol. The Hall–Kier alpha value is -1.47. The Bertz CT molecular complexity index is 402. The first-order chi connectivity index (χ1) is 11.1. The van der Waals surface area contributed by atoms with Crippen molar-refractivity contribution in [3.05, 3.63) is 0 Å². The quantitative estimate of drug-likeness (QED) is 0.580. The van der Waals surface area contributed by atoms with E-state index in [2.05, 4.69) is 10.6 Å². The molecule has 0 aromatic rings. The normalized spacial score (nSPS) is 20.8. The van der Waals surface area contributed by atoms with Crippen molar-refractivity contribution in [2.24, 2.45) is 5.92 Å². The van der Waals surface area contributed by atoms with Crippen LogP contribution in [-0.4, -0.2) is 57.1 Å². The van der Waals surface area contributed by atoms with Gasteiger partial charge < -0.3 is 20.1 Å². The molecular formula is C16H32N2O5. The highest BCUT2D eigenvalue weighted by atomic mass is 16.5. The Labute approximate surface area is 140 Å². The van der Waals surface area contributed by atoms with Gasteiger partial charge in [0.2, 0.25) is 11.8 Å². The second kappa shape index (κ2) is 11.1. The Morgan fingerprint density at radius 3 is 2.43 bits per heavy atom. The van der Waals surface area contributed by atoms with Gasteiger partial charge in [-0.2, -0.15) is 0 Å². The van der Waals surface area contributed by atoms with E-state index < -0.39 is 0 Å². The largest absolute Gasteiger partial charge is 0.382 e.